The summed E-state index contributed by atoms with van der Waals surface area (Å²) in [7, 11) is 3.43. The average Bonchev–Trinajstić information content (AvgIpc) is 2.26. The summed E-state index contributed by atoms with van der Waals surface area (Å²) in [6.07, 6.45) is 0.796. The molecule has 0 radical (unpaired) electrons. The number of nitrogens with two attached hydrogens (primary N) is 1. The van der Waals surface area contributed by atoms with Gasteiger partial charge in [0.1, 0.15) is 5.69 Å². The van der Waals surface area contributed by atoms with Crippen LogP contribution in [0.1, 0.15) is 12.1 Å². The van der Waals surface area contributed by atoms with Crippen LogP contribution in [0.15, 0.2) is 12.1 Å². The predicted molar refractivity (Wildman–Crippen MR) is 60.6 cm³/mol. The molecule has 0 aliphatic heterocycles. The SMILES string of the molecule is CNCCC#Cc1ccc(N)c(OC)n1. The minimum Gasteiger partial charge on any atom is -0.479 e. The Balaban J connectivity index is 2.72. The van der Waals surface area contributed by atoms with Crippen molar-refractivity contribution in [3.8, 4) is 17.7 Å². The number of ether oxygens (including phenoxy) is 1. The maximum Gasteiger partial charge on any atom is 0.238 e. The molecule has 0 saturated heterocycles. The van der Waals surface area contributed by atoms with Gasteiger partial charge in [0.15, 0.2) is 0 Å². The van der Waals surface area contributed by atoms with E-state index in [-0.39, 0.29) is 0 Å². The molecule has 0 aromatic carbocycles. The van der Waals surface area contributed by atoms with Crippen LogP contribution in [0.4, 0.5) is 5.69 Å². The second-order valence-electron chi connectivity index (χ2n) is 2.95. The highest BCUT2D eigenvalue weighted by Crippen LogP contribution is 2.16. The second-order valence-corrected chi connectivity index (χ2v) is 2.95. The normalized spacial score (nSPS) is 9.20. The van der Waals surface area contributed by atoms with Gasteiger partial charge in [-0.25, -0.2) is 4.98 Å². The van der Waals surface area contributed by atoms with Crippen molar-refractivity contribution in [2.24, 2.45) is 0 Å². The van der Waals surface area contributed by atoms with E-state index in [1.54, 1.807) is 12.1 Å². The van der Waals surface area contributed by atoms with Crippen LogP contribution in [-0.2, 0) is 0 Å². The first kappa shape index (κ1) is 11.3. The van der Waals surface area contributed by atoms with E-state index >= 15 is 0 Å². The van der Waals surface area contributed by atoms with Gasteiger partial charge >= 0.3 is 0 Å². The Labute approximate surface area is 89.8 Å². The molecule has 0 fully saturated rings. The summed E-state index contributed by atoms with van der Waals surface area (Å²) in [5, 5.41) is 3.02. The van der Waals surface area contributed by atoms with Crippen LogP contribution >= 0.6 is 0 Å². The number of hydrogen-bond acceptors (Lipinski definition) is 4. The van der Waals surface area contributed by atoms with Gasteiger partial charge in [-0.1, -0.05) is 5.92 Å². The summed E-state index contributed by atoms with van der Waals surface area (Å²) in [5.74, 6) is 6.37. The molecule has 0 amide bonds. The van der Waals surface area contributed by atoms with Crippen LogP contribution in [0.3, 0.4) is 0 Å². The Kier molecular flexibility index (Phi) is 4.45. The molecule has 0 unspecified atom stereocenters. The quantitative estimate of drug-likeness (QED) is 0.561. The molecule has 1 heterocycles. The van der Waals surface area contributed by atoms with Crippen molar-refractivity contribution < 1.29 is 4.74 Å². The summed E-state index contributed by atoms with van der Waals surface area (Å²) < 4.78 is 5.00. The summed E-state index contributed by atoms with van der Waals surface area (Å²) in [6.45, 7) is 0.874. The molecule has 0 atom stereocenters. The number of nitrogens with zero attached hydrogens (tertiary/aromatic N) is 1. The number of nitrogens with one attached hydrogen (secondary N) is 1. The molecule has 0 aliphatic carbocycles. The highest BCUT2D eigenvalue weighted by atomic mass is 16.5. The number of nitrogen functional groups attached to an aromatic ring is 1. The highest BCUT2D eigenvalue weighted by molar-refractivity contribution is 5.50. The number of methoxy groups -OCH3 is 1. The summed E-state index contributed by atoms with van der Waals surface area (Å²) in [4.78, 5) is 4.15. The van der Waals surface area contributed by atoms with Gasteiger partial charge < -0.3 is 15.8 Å². The van der Waals surface area contributed by atoms with Gasteiger partial charge in [0.05, 0.1) is 12.8 Å². The smallest absolute Gasteiger partial charge is 0.238 e. The lowest BCUT2D eigenvalue weighted by molar-refractivity contribution is 0.400. The Bertz CT molecular complexity index is 379. The first-order valence-corrected chi connectivity index (χ1v) is 4.72. The molecular weight excluding hydrogens is 190 g/mol. The van der Waals surface area contributed by atoms with Gasteiger partial charge in [0.25, 0.3) is 0 Å². The number of pyridine rings is 1. The number of rotatable bonds is 3. The van der Waals surface area contributed by atoms with Crippen molar-refractivity contribution in [3.63, 3.8) is 0 Å². The molecule has 0 bridgehead atoms. The third-order valence-electron chi connectivity index (χ3n) is 1.80. The van der Waals surface area contributed by atoms with E-state index in [9.17, 15) is 0 Å². The molecule has 4 heteroatoms. The van der Waals surface area contributed by atoms with E-state index in [2.05, 4.69) is 22.1 Å². The lowest BCUT2D eigenvalue weighted by atomic mass is 10.3. The fourth-order valence-corrected chi connectivity index (χ4v) is 1.02. The van der Waals surface area contributed by atoms with Crippen LogP contribution in [-0.4, -0.2) is 25.7 Å². The maximum absolute atomic E-state index is 5.63. The fraction of sp³-hybridized carbons (Fsp3) is 0.364. The largest absolute Gasteiger partial charge is 0.479 e. The van der Waals surface area contributed by atoms with Crippen LogP contribution in [0.25, 0.3) is 0 Å². The van der Waals surface area contributed by atoms with Crippen molar-refractivity contribution in [1.29, 1.82) is 0 Å². The van der Waals surface area contributed by atoms with Gasteiger partial charge in [-0.3, -0.25) is 0 Å². The Morgan fingerprint density at radius 3 is 3.00 bits per heavy atom. The van der Waals surface area contributed by atoms with Gasteiger partial charge in [-0.05, 0) is 25.1 Å². The van der Waals surface area contributed by atoms with Gasteiger partial charge in [-0.15, -0.1) is 0 Å². The lowest BCUT2D eigenvalue weighted by Gasteiger charge is -2.01. The van der Waals surface area contributed by atoms with E-state index in [4.69, 9.17) is 10.5 Å². The third kappa shape index (κ3) is 3.49. The molecule has 15 heavy (non-hydrogen) atoms. The van der Waals surface area contributed by atoms with Crippen molar-refractivity contribution in [2.75, 3.05) is 26.4 Å². The average molecular weight is 205 g/mol. The second kappa shape index (κ2) is 5.89. The zero-order valence-electron chi connectivity index (χ0n) is 9.00. The molecule has 0 spiro atoms. The van der Waals surface area contributed by atoms with Crippen molar-refractivity contribution in [2.45, 2.75) is 6.42 Å². The maximum atomic E-state index is 5.63. The van der Waals surface area contributed by atoms with E-state index in [0.29, 0.717) is 17.3 Å². The van der Waals surface area contributed by atoms with Gasteiger partial charge in [0, 0.05) is 13.0 Å². The van der Waals surface area contributed by atoms with Crippen LogP contribution in [0, 0.1) is 11.8 Å². The minimum absolute atomic E-state index is 0.426. The van der Waals surface area contributed by atoms with E-state index in [1.165, 1.54) is 7.11 Å². The monoisotopic (exact) mass is 205 g/mol. The Morgan fingerprint density at radius 1 is 1.53 bits per heavy atom. The standard InChI is InChI=1S/C11H15N3O/c1-13-8-4-3-5-9-6-7-10(12)11(14-9)15-2/h6-7,13H,4,8,12H2,1-2H3. The molecule has 4 nitrogen and oxygen atoms in total. The third-order valence-corrected chi connectivity index (χ3v) is 1.80. The summed E-state index contributed by atoms with van der Waals surface area (Å²) in [6, 6.07) is 3.53. The Hall–Kier alpha value is -1.73. The predicted octanol–water partition coefficient (Wildman–Crippen LogP) is 0.633. The summed E-state index contributed by atoms with van der Waals surface area (Å²) >= 11 is 0. The number of hydrogen-bond donors (Lipinski definition) is 2. The Morgan fingerprint density at radius 2 is 2.33 bits per heavy atom. The van der Waals surface area contributed by atoms with Crippen molar-refractivity contribution in [3.05, 3.63) is 17.8 Å². The van der Waals surface area contributed by atoms with Crippen molar-refractivity contribution >= 4 is 5.69 Å². The molecule has 0 saturated carbocycles. The molecule has 3 N–H and O–H groups in total. The zero-order chi connectivity index (χ0) is 11.1. The number of aromatic nitrogens is 1. The summed E-state index contributed by atoms with van der Waals surface area (Å²) in [5.41, 5.74) is 6.83. The van der Waals surface area contributed by atoms with E-state index in [1.807, 2.05) is 7.05 Å². The van der Waals surface area contributed by atoms with Crippen LogP contribution < -0.4 is 15.8 Å². The first-order valence-electron chi connectivity index (χ1n) is 4.72. The minimum atomic E-state index is 0.426. The molecule has 0 aliphatic rings. The fourth-order valence-electron chi connectivity index (χ4n) is 1.02. The first-order chi connectivity index (χ1) is 7.27. The number of anilines is 1. The highest BCUT2D eigenvalue weighted by Gasteiger charge is 1.99. The molecule has 80 valence electrons. The van der Waals surface area contributed by atoms with E-state index in [0.717, 1.165) is 13.0 Å². The molecule has 1 rings (SSSR count). The van der Waals surface area contributed by atoms with E-state index < -0.39 is 0 Å². The molecule has 1 aromatic rings. The van der Waals surface area contributed by atoms with Gasteiger partial charge in [-0.2, -0.15) is 0 Å². The van der Waals surface area contributed by atoms with Gasteiger partial charge in [0.2, 0.25) is 5.88 Å². The topological polar surface area (TPSA) is 60.2 Å². The van der Waals surface area contributed by atoms with Crippen molar-refractivity contribution in [1.82, 2.24) is 10.3 Å². The zero-order valence-corrected chi connectivity index (χ0v) is 9.00. The van der Waals surface area contributed by atoms with Crippen LogP contribution in [0.5, 0.6) is 5.88 Å². The molecule has 1 aromatic heterocycles. The molecular formula is C11H15N3O. The lowest BCUT2D eigenvalue weighted by Crippen LogP contribution is -2.05. The van der Waals surface area contributed by atoms with Crippen LogP contribution in [0.2, 0.25) is 0 Å².